The van der Waals surface area contributed by atoms with Crippen molar-refractivity contribution in [3.63, 3.8) is 0 Å². The summed E-state index contributed by atoms with van der Waals surface area (Å²) in [5, 5.41) is 2.66. The quantitative estimate of drug-likeness (QED) is 0.841. The van der Waals surface area contributed by atoms with E-state index in [9.17, 15) is 14.0 Å². The van der Waals surface area contributed by atoms with Gasteiger partial charge in [0, 0.05) is 12.6 Å². The van der Waals surface area contributed by atoms with E-state index in [2.05, 4.69) is 10.1 Å². The van der Waals surface area contributed by atoms with Crippen LogP contribution in [0.15, 0.2) is 35.5 Å². The lowest BCUT2D eigenvalue weighted by Crippen LogP contribution is -2.46. The van der Waals surface area contributed by atoms with E-state index < -0.39 is 23.9 Å². The highest BCUT2D eigenvalue weighted by atomic mass is 19.1. The molecule has 1 atom stereocenters. The van der Waals surface area contributed by atoms with Crippen molar-refractivity contribution < 1.29 is 18.7 Å². The van der Waals surface area contributed by atoms with Crippen LogP contribution in [-0.2, 0) is 9.53 Å². The number of rotatable bonds is 2. The number of ether oxygens (including phenoxy) is 1. The zero-order chi connectivity index (χ0) is 14.9. The van der Waals surface area contributed by atoms with Gasteiger partial charge in [-0.05, 0) is 18.6 Å². The third-order valence-corrected chi connectivity index (χ3v) is 3.31. The number of likely N-dealkylation sites (N-methyl/N-ethyl adjacent to an activating group) is 1. The third-order valence-electron chi connectivity index (χ3n) is 3.31. The minimum atomic E-state index is -0.686. The Labute approximate surface area is 116 Å². The number of carbonyl (C=O) groups is 2. The van der Waals surface area contributed by atoms with Gasteiger partial charge in [-0.2, -0.15) is 0 Å². The Bertz CT molecular complexity index is 598. The molecule has 1 aliphatic rings. The number of urea groups is 1. The molecule has 6 heteroatoms. The largest absolute Gasteiger partial charge is 0.464 e. The van der Waals surface area contributed by atoms with Gasteiger partial charge < -0.3 is 10.1 Å². The zero-order valence-corrected chi connectivity index (χ0v) is 11.4. The van der Waals surface area contributed by atoms with Gasteiger partial charge in [0.15, 0.2) is 0 Å². The average molecular weight is 278 g/mol. The molecule has 0 aromatic heterocycles. The molecule has 0 radical (unpaired) electrons. The third kappa shape index (κ3) is 2.24. The molecule has 1 heterocycles. The molecule has 0 aliphatic carbocycles. The zero-order valence-electron chi connectivity index (χ0n) is 11.4. The summed E-state index contributed by atoms with van der Waals surface area (Å²) in [6.45, 7) is 1.67. The van der Waals surface area contributed by atoms with Crippen LogP contribution < -0.4 is 5.32 Å². The Kier molecular flexibility index (Phi) is 3.74. The van der Waals surface area contributed by atoms with Crippen LogP contribution >= 0.6 is 0 Å². The normalized spacial score (nSPS) is 18.9. The fraction of sp³-hybridized carbons (Fsp3) is 0.286. The second-order valence-corrected chi connectivity index (χ2v) is 4.49. The lowest BCUT2D eigenvalue weighted by molar-refractivity contribution is -0.137. The summed E-state index contributed by atoms with van der Waals surface area (Å²) in [5.41, 5.74) is 0.974. The van der Waals surface area contributed by atoms with Crippen LogP contribution in [0, 0.1) is 5.82 Å². The van der Waals surface area contributed by atoms with Crippen LogP contribution in [0.5, 0.6) is 0 Å². The van der Waals surface area contributed by atoms with E-state index in [1.807, 2.05) is 0 Å². The summed E-state index contributed by atoms with van der Waals surface area (Å²) in [6, 6.07) is 4.96. The van der Waals surface area contributed by atoms with Crippen LogP contribution in [0.1, 0.15) is 18.5 Å². The molecule has 0 fully saturated rings. The van der Waals surface area contributed by atoms with E-state index in [4.69, 9.17) is 0 Å². The highest BCUT2D eigenvalue weighted by Gasteiger charge is 2.34. The first-order chi connectivity index (χ1) is 9.47. The van der Waals surface area contributed by atoms with E-state index in [0.29, 0.717) is 11.1 Å². The smallest absolute Gasteiger partial charge is 0.354 e. The fourth-order valence-corrected chi connectivity index (χ4v) is 2.25. The van der Waals surface area contributed by atoms with Crippen molar-refractivity contribution in [2.45, 2.75) is 13.0 Å². The van der Waals surface area contributed by atoms with Crippen LogP contribution in [0.2, 0.25) is 0 Å². The van der Waals surface area contributed by atoms with Gasteiger partial charge in [-0.1, -0.05) is 18.2 Å². The first kappa shape index (κ1) is 14.0. The number of methoxy groups -OCH3 is 1. The Morgan fingerprint density at radius 1 is 1.40 bits per heavy atom. The number of nitrogens with one attached hydrogen (secondary N) is 1. The van der Waals surface area contributed by atoms with Gasteiger partial charge in [-0.25, -0.2) is 14.0 Å². The van der Waals surface area contributed by atoms with Crippen molar-refractivity contribution >= 4 is 12.0 Å². The molecular formula is C14H15FN2O3. The van der Waals surface area contributed by atoms with Crippen molar-refractivity contribution in [2.24, 2.45) is 0 Å². The van der Waals surface area contributed by atoms with E-state index in [1.54, 1.807) is 25.1 Å². The topological polar surface area (TPSA) is 58.6 Å². The molecule has 2 amide bonds. The molecule has 1 unspecified atom stereocenters. The lowest BCUT2D eigenvalue weighted by Gasteiger charge is -2.33. The Morgan fingerprint density at radius 2 is 2.05 bits per heavy atom. The van der Waals surface area contributed by atoms with Crippen molar-refractivity contribution in [2.75, 3.05) is 14.2 Å². The first-order valence-electron chi connectivity index (χ1n) is 6.05. The molecule has 106 valence electrons. The number of hydrogen-bond acceptors (Lipinski definition) is 3. The number of esters is 1. The first-order valence-corrected chi connectivity index (χ1v) is 6.05. The van der Waals surface area contributed by atoms with Crippen LogP contribution in [0.3, 0.4) is 0 Å². The van der Waals surface area contributed by atoms with Gasteiger partial charge >= 0.3 is 12.0 Å². The van der Waals surface area contributed by atoms with Gasteiger partial charge in [0.2, 0.25) is 0 Å². The molecule has 0 saturated heterocycles. The minimum Gasteiger partial charge on any atom is -0.464 e. The molecule has 0 spiro atoms. The van der Waals surface area contributed by atoms with Crippen LogP contribution in [0.25, 0.3) is 0 Å². The lowest BCUT2D eigenvalue weighted by atomic mass is 9.95. The van der Waals surface area contributed by atoms with Crippen molar-refractivity contribution in [1.82, 2.24) is 10.2 Å². The molecular weight excluding hydrogens is 263 g/mol. The molecule has 20 heavy (non-hydrogen) atoms. The molecule has 1 N–H and O–H groups in total. The standard InChI is InChI=1S/C14H15FN2O3/c1-8-11(9-6-4-5-7-10(9)15)16-14(19)17(2)12(8)13(18)20-3/h4-7,11H,1-3H3,(H,16,19). The number of nitrogens with zero attached hydrogens (tertiary/aromatic N) is 1. The number of hydrogen-bond donors (Lipinski definition) is 1. The summed E-state index contributed by atoms with van der Waals surface area (Å²) in [7, 11) is 2.70. The van der Waals surface area contributed by atoms with Crippen LogP contribution in [0.4, 0.5) is 9.18 Å². The number of amides is 2. The van der Waals surface area contributed by atoms with Gasteiger partial charge in [-0.3, -0.25) is 4.90 Å². The van der Waals surface area contributed by atoms with Gasteiger partial charge in [0.05, 0.1) is 13.2 Å². The van der Waals surface area contributed by atoms with E-state index in [1.165, 1.54) is 25.1 Å². The molecule has 0 bridgehead atoms. The molecule has 2 rings (SSSR count). The fourth-order valence-electron chi connectivity index (χ4n) is 2.25. The van der Waals surface area contributed by atoms with Gasteiger partial charge in [0.25, 0.3) is 0 Å². The Hall–Kier alpha value is -2.37. The maximum atomic E-state index is 13.9. The van der Waals surface area contributed by atoms with Crippen LogP contribution in [-0.4, -0.2) is 31.1 Å². The predicted molar refractivity (Wildman–Crippen MR) is 70.2 cm³/mol. The maximum absolute atomic E-state index is 13.9. The second kappa shape index (κ2) is 5.32. The summed E-state index contributed by atoms with van der Waals surface area (Å²) in [6.07, 6.45) is 0. The van der Waals surface area contributed by atoms with E-state index >= 15 is 0 Å². The highest BCUT2D eigenvalue weighted by Crippen LogP contribution is 2.31. The molecule has 1 aromatic rings. The molecule has 5 nitrogen and oxygen atoms in total. The minimum absolute atomic E-state index is 0.129. The number of benzene rings is 1. The molecule has 1 aromatic carbocycles. The Morgan fingerprint density at radius 3 is 2.65 bits per heavy atom. The van der Waals surface area contributed by atoms with Gasteiger partial charge in [0.1, 0.15) is 11.5 Å². The maximum Gasteiger partial charge on any atom is 0.354 e. The molecule has 1 aliphatic heterocycles. The van der Waals surface area contributed by atoms with E-state index in [-0.39, 0.29) is 5.70 Å². The van der Waals surface area contributed by atoms with Crippen molar-refractivity contribution in [1.29, 1.82) is 0 Å². The molecule has 0 saturated carbocycles. The van der Waals surface area contributed by atoms with Crippen molar-refractivity contribution in [3.8, 4) is 0 Å². The predicted octanol–water partition coefficient (Wildman–Crippen LogP) is 1.97. The summed E-state index contributed by atoms with van der Waals surface area (Å²) in [4.78, 5) is 24.9. The highest BCUT2D eigenvalue weighted by molar-refractivity contribution is 5.95. The SMILES string of the molecule is COC(=O)C1=C(C)C(c2ccccc2F)NC(=O)N1C. The van der Waals surface area contributed by atoms with Gasteiger partial charge in [-0.15, -0.1) is 0 Å². The average Bonchev–Trinajstić information content (AvgIpc) is 2.43. The number of carbonyl (C=O) groups excluding carboxylic acids is 2. The monoisotopic (exact) mass is 278 g/mol. The summed E-state index contributed by atoms with van der Waals surface area (Å²) < 4.78 is 18.6. The van der Waals surface area contributed by atoms with E-state index in [0.717, 1.165) is 0 Å². The Balaban J connectivity index is 2.55. The second-order valence-electron chi connectivity index (χ2n) is 4.49. The number of halogens is 1. The van der Waals surface area contributed by atoms with Crippen molar-refractivity contribution in [3.05, 3.63) is 46.9 Å². The summed E-state index contributed by atoms with van der Waals surface area (Å²) >= 11 is 0. The summed E-state index contributed by atoms with van der Waals surface area (Å²) in [5.74, 6) is -1.06.